The zero-order valence-corrected chi connectivity index (χ0v) is 12.0. The lowest BCUT2D eigenvalue weighted by Crippen LogP contribution is -2.44. The van der Waals surface area contributed by atoms with Crippen LogP contribution in [0, 0.1) is 0 Å². The second kappa shape index (κ2) is 4.92. The molecule has 0 spiro atoms. The fourth-order valence-corrected chi connectivity index (χ4v) is 3.42. The zero-order valence-electron chi connectivity index (χ0n) is 11.2. The zero-order chi connectivity index (χ0) is 14.3. The van der Waals surface area contributed by atoms with E-state index in [9.17, 15) is 9.90 Å². The van der Waals surface area contributed by atoms with E-state index in [1.54, 1.807) is 6.20 Å². The minimum Gasteiger partial charge on any atom is -0.477 e. The second-order valence-corrected chi connectivity index (χ2v) is 5.95. The van der Waals surface area contributed by atoms with Crippen LogP contribution in [0.2, 0.25) is 0 Å². The summed E-state index contributed by atoms with van der Waals surface area (Å²) in [4.78, 5) is 20.8. The summed E-state index contributed by atoms with van der Waals surface area (Å²) in [5.41, 5.74) is 7.35. The van der Waals surface area contributed by atoms with E-state index in [4.69, 9.17) is 5.73 Å². The maximum Gasteiger partial charge on any atom is 0.348 e. The standard InChI is InChI=1S/C13H16N4O2S/c1-16-4-6-17(7-5-16)8-2-3-15-12-9(8)10(14)11(20-12)13(18)19/h2-3H,4-7,14H2,1H3,(H,18,19). The van der Waals surface area contributed by atoms with Crippen molar-refractivity contribution >= 4 is 38.9 Å². The molecule has 0 aliphatic carbocycles. The van der Waals surface area contributed by atoms with Crippen molar-refractivity contribution in [3.05, 3.63) is 17.1 Å². The van der Waals surface area contributed by atoms with Gasteiger partial charge in [-0.2, -0.15) is 0 Å². The average Bonchev–Trinajstić information content (AvgIpc) is 2.77. The van der Waals surface area contributed by atoms with Crippen molar-refractivity contribution in [1.29, 1.82) is 0 Å². The third-order valence-corrected chi connectivity index (χ3v) is 4.75. The molecule has 0 atom stereocenters. The summed E-state index contributed by atoms with van der Waals surface area (Å²) >= 11 is 1.14. The summed E-state index contributed by atoms with van der Waals surface area (Å²) in [6.45, 7) is 3.79. The maximum absolute atomic E-state index is 11.2. The number of hydrogen-bond acceptors (Lipinski definition) is 6. The van der Waals surface area contributed by atoms with Crippen LogP contribution >= 0.6 is 11.3 Å². The topological polar surface area (TPSA) is 82.7 Å². The summed E-state index contributed by atoms with van der Waals surface area (Å²) in [6, 6.07) is 1.92. The predicted octanol–water partition coefficient (Wildman–Crippen LogP) is 1.33. The number of piperazine rings is 1. The maximum atomic E-state index is 11.2. The average molecular weight is 292 g/mol. The molecule has 0 bridgehead atoms. The Kier molecular flexibility index (Phi) is 3.23. The molecular weight excluding hydrogens is 276 g/mol. The van der Waals surface area contributed by atoms with E-state index >= 15 is 0 Å². The summed E-state index contributed by atoms with van der Waals surface area (Å²) < 4.78 is 0. The Morgan fingerprint density at radius 2 is 2.10 bits per heavy atom. The number of carboxylic acid groups (broad SMARTS) is 1. The lowest BCUT2D eigenvalue weighted by molar-refractivity contribution is 0.0703. The highest BCUT2D eigenvalue weighted by Crippen LogP contribution is 2.38. The van der Waals surface area contributed by atoms with Crippen LogP contribution in [-0.2, 0) is 0 Å². The largest absolute Gasteiger partial charge is 0.477 e. The van der Waals surface area contributed by atoms with E-state index in [1.807, 2.05) is 6.07 Å². The minimum absolute atomic E-state index is 0.175. The first kappa shape index (κ1) is 13.1. The van der Waals surface area contributed by atoms with Crippen LogP contribution in [0.5, 0.6) is 0 Å². The number of anilines is 2. The van der Waals surface area contributed by atoms with Crippen LogP contribution in [0.15, 0.2) is 12.3 Å². The molecule has 7 heteroatoms. The number of hydrogen-bond donors (Lipinski definition) is 2. The predicted molar refractivity (Wildman–Crippen MR) is 80.7 cm³/mol. The fraction of sp³-hybridized carbons (Fsp3) is 0.385. The first-order valence-corrected chi connectivity index (χ1v) is 7.23. The number of nitrogens with two attached hydrogens (primary N) is 1. The quantitative estimate of drug-likeness (QED) is 0.869. The van der Waals surface area contributed by atoms with Crippen molar-refractivity contribution < 1.29 is 9.90 Å². The first-order valence-electron chi connectivity index (χ1n) is 6.41. The number of nitrogen functional groups attached to an aromatic ring is 1. The number of likely N-dealkylation sites (N-methyl/N-ethyl adjacent to an activating group) is 1. The third-order valence-electron chi connectivity index (χ3n) is 3.65. The normalized spacial score (nSPS) is 16.8. The summed E-state index contributed by atoms with van der Waals surface area (Å²) in [6.07, 6.45) is 1.72. The number of pyridine rings is 1. The molecule has 0 aromatic carbocycles. The van der Waals surface area contributed by atoms with Gasteiger partial charge in [-0.1, -0.05) is 0 Å². The van der Waals surface area contributed by atoms with Gasteiger partial charge >= 0.3 is 5.97 Å². The first-order chi connectivity index (χ1) is 9.58. The number of aromatic carboxylic acids is 1. The van der Waals surface area contributed by atoms with Crippen LogP contribution < -0.4 is 10.6 Å². The van der Waals surface area contributed by atoms with Crippen molar-refractivity contribution in [2.75, 3.05) is 43.9 Å². The van der Waals surface area contributed by atoms with Crippen molar-refractivity contribution in [3.8, 4) is 0 Å². The molecule has 1 aliphatic rings. The van der Waals surface area contributed by atoms with Gasteiger partial charge in [0, 0.05) is 32.4 Å². The molecular formula is C13H16N4O2S. The van der Waals surface area contributed by atoms with Crippen LogP contribution in [0.4, 0.5) is 11.4 Å². The SMILES string of the molecule is CN1CCN(c2ccnc3sc(C(=O)O)c(N)c23)CC1. The minimum atomic E-state index is -0.991. The molecule has 1 saturated heterocycles. The van der Waals surface area contributed by atoms with Gasteiger partial charge < -0.3 is 20.6 Å². The number of rotatable bonds is 2. The molecule has 2 aromatic rings. The number of nitrogens with zero attached hydrogens (tertiary/aromatic N) is 3. The van der Waals surface area contributed by atoms with E-state index in [0.717, 1.165) is 48.6 Å². The molecule has 0 radical (unpaired) electrons. The van der Waals surface area contributed by atoms with Gasteiger partial charge in [-0.05, 0) is 13.1 Å². The number of carboxylic acids is 1. The lowest BCUT2D eigenvalue weighted by Gasteiger charge is -2.34. The van der Waals surface area contributed by atoms with Crippen LogP contribution in [0.25, 0.3) is 10.2 Å². The number of carbonyl (C=O) groups is 1. The summed E-state index contributed by atoms with van der Waals surface area (Å²) in [7, 11) is 2.10. The molecule has 20 heavy (non-hydrogen) atoms. The van der Waals surface area contributed by atoms with Gasteiger partial charge in [0.15, 0.2) is 0 Å². The molecule has 2 aromatic heterocycles. The highest BCUT2D eigenvalue weighted by Gasteiger charge is 2.22. The number of fused-ring (bicyclic) bond motifs is 1. The molecule has 1 aliphatic heterocycles. The summed E-state index contributed by atoms with van der Waals surface area (Å²) in [5, 5.41) is 9.96. The second-order valence-electron chi connectivity index (χ2n) is 4.95. The summed E-state index contributed by atoms with van der Waals surface area (Å²) in [5.74, 6) is -0.991. The van der Waals surface area contributed by atoms with Gasteiger partial charge in [-0.3, -0.25) is 0 Å². The van der Waals surface area contributed by atoms with Crippen molar-refractivity contribution in [2.45, 2.75) is 0 Å². The Morgan fingerprint density at radius 1 is 1.40 bits per heavy atom. The highest BCUT2D eigenvalue weighted by atomic mass is 32.1. The Labute approximate surface area is 120 Å². The molecule has 1 fully saturated rings. The van der Waals surface area contributed by atoms with E-state index < -0.39 is 5.97 Å². The highest BCUT2D eigenvalue weighted by molar-refractivity contribution is 7.21. The van der Waals surface area contributed by atoms with Gasteiger partial charge in [0.25, 0.3) is 0 Å². The molecule has 0 unspecified atom stereocenters. The Hall–Kier alpha value is -1.86. The Morgan fingerprint density at radius 3 is 2.75 bits per heavy atom. The van der Waals surface area contributed by atoms with Crippen LogP contribution in [0.1, 0.15) is 9.67 Å². The molecule has 3 rings (SSSR count). The van der Waals surface area contributed by atoms with E-state index in [2.05, 4.69) is 21.8 Å². The van der Waals surface area contributed by atoms with Gasteiger partial charge in [0.1, 0.15) is 9.71 Å². The van der Waals surface area contributed by atoms with E-state index in [0.29, 0.717) is 10.5 Å². The Bertz CT molecular complexity index is 662. The van der Waals surface area contributed by atoms with Crippen molar-refractivity contribution in [2.24, 2.45) is 0 Å². The molecule has 106 valence electrons. The lowest BCUT2D eigenvalue weighted by atomic mass is 10.2. The number of aromatic nitrogens is 1. The van der Waals surface area contributed by atoms with E-state index in [1.165, 1.54) is 0 Å². The smallest absolute Gasteiger partial charge is 0.348 e. The number of thiophene rings is 1. The van der Waals surface area contributed by atoms with Crippen LogP contribution in [0.3, 0.4) is 0 Å². The Balaban J connectivity index is 2.09. The fourth-order valence-electron chi connectivity index (χ4n) is 2.50. The van der Waals surface area contributed by atoms with Gasteiger partial charge in [0.2, 0.25) is 0 Å². The van der Waals surface area contributed by atoms with E-state index in [-0.39, 0.29) is 4.88 Å². The van der Waals surface area contributed by atoms with Gasteiger partial charge in [-0.15, -0.1) is 11.3 Å². The van der Waals surface area contributed by atoms with Crippen LogP contribution in [-0.4, -0.2) is 54.2 Å². The van der Waals surface area contributed by atoms with Gasteiger partial charge in [-0.25, -0.2) is 9.78 Å². The van der Waals surface area contributed by atoms with Crippen molar-refractivity contribution in [3.63, 3.8) is 0 Å². The third kappa shape index (κ3) is 2.08. The molecule has 0 saturated carbocycles. The molecule has 3 N–H and O–H groups in total. The molecule has 3 heterocycles. The van der Waals surface area contributed by atoms with Crippen molar-refractivity contribution in [1.82, 2.24) is 9.88 Å². The molecule has 6 nitrogen and oxygen atoms in total. The molecule has 0 amide bonds. The monoisotopic (exact) mass is 292 g/mol. The van der Waals surface area contributed by atoms with Gasteiger partial charge in [0.05, 0.1) is 16.8 Å².